The second-order valence-electron chi connectivity index (χ2n) is 4.20. The molecule has 5 nitrogen and oxygen atoms in total. The molecule has 0 saturated carbocycles. The number of aliphatic hydroxyl groups is 1. The van der Waals surface area contributed by atoms with Crippen molar-refractivity contribution < 1.29 is 14.6 Å². The Morgan fingerprint density at radius 1 is 1.59 bits per heavy atom. The van der Waals surface area contributed by atoms with E-state index in [4.69, 9.17) is 4.74 Å². The zero-order valence-electron chi connectivity index (χ0n) is 10.3. The standard InChI is InChI=1S/C12H18N2O3/c1-3-9-11(12(16)17-4-2)14-6-5-8(15)7-10(14)13-9/h8,15H,3-7H2,1-2H3/t8-/m0/s1. The van der Waals surface area contributed by atoms with E-state index in [0.717, 1.165) is 11.5 Å². The number of hydrogen-bond acceptors (Lipinski definition) is 4. The summed E-state index contributed by atoms with van der Waals surface area (Å²) >= 11 is 0. The average molecular weight is 238 g/mol. The number of carbonyl (C=O) groups is 1. The Morgan fingerprint density at radius 2 is 2.35 bits per heavy atom. The SMILES string of the molecule is CCOC(=O)c1c(CC)nc2n1CC[C@H](O)C2. The number of aryl methyl sites for hydroxylation is 1. The van der Waals surface area contributed by atoms with Crippen LogP contribution < -0.4 is 0 Å². The number of ether oxygens (including phenoxy) is 1. The topological polar surface area (TPSA) is 64.3 Å². The average Bonchev–Trinajstić information content (AvgIpc) is 2.66. The molecular formula is C12H18N2O3. The highest BCUT2D eigenvalue weighted by molar-refractivity contribution is 5.89. The van der Waals surface area contributed by atoms with Crippen molar-refractivity contribution in [1.29, 1.82) is 0 Å². The molecule has 0 aliphatic carbocycles. The van der Waals surface area contributed by atoms with Crippen molar-refractivity contribution in [1.82, 2.24) is 9.55 Å². The van der Waals surface area contributed by atoms with Gasteiger partial charge in [-0.3, -0.25) is 0 Å². The van der Waals surface area contributed by atoms with Crippen molar-refractivity contribution in [2.45, 2.75) is 45.8 Å². The molecule has 1 aromatic rings. The molecule has 0 amide bonds. The number of esters is 1. The zero-order valence-corrected chi connectivity index (χ0v) is 10.3. The van der Waals surface area contributed by atoms with Gasteiger partial charge in [0.05, 0.1) is 18.4 Å². The number of aromatic nitrogens is 2. The van der Waals surface area contributed by atoms with Gasteiger partial charge in [0, 0.05) is 13.0 Å². The van der Waals surface area contributed by atoms with Crippen LogP contribution in [0.1, 0.15) is 42.3 Å². The van der Waals surface area contributed by atoms with E-state index in [2.05, 4.69) is 4.98 Å². The first-order valence-corrected chi connectivity index (χ1v) is 6.10. The van der Waals surface area contributed by atoms with E-state index >= 15 is 0 Å². The molecule has 0 unspecified atom stereocenters. The van der Waals surface area contributed by atoms with Crippen LogP contribution in [0, 0.1) is 0 Å². The van der Waals surface area contributed by atoms with Gasteiger partial charge in [-0.05, 0) is 19.8 Å². The number of rotatable bonds is 3. The van der Waals surface area contributed by atoms with Crippen molar-refractivity contribution >= 4 is 5.97 Å². The first kappa shape index (κ1) is 12.1. The third kappa shape index (κ3) is 2.20. The van der Waals surface area contributed by atoms with E-state index in [0.29, 0.717) is 38.1 Å². The van der Waals surface area contributed by atoms with Gasteiger partial charge in [0.2, 0.25) is 0 Å². The van der Waals surface area contributed by atoms with Crippen molar-refractivity contribution in [3.63, 3.8) is 0 Å². The summed E-state index contributed by atoms with van der Waals surface area (Å²) in [7, 11) is 0. The number of hydrogen-bond donors (Lipinski definition) is 1. The minimum Gasteiger partial charge on any atom is -0.461 e. The molecule has 1 aliphatic rings. The summed E-state index contributed by atoms with van der Waals surface area (Å²) in [5.74, 6) is 0.489. The lowest BCUT2D eigenvalue weighted by atomic mass is 10.1. The summed E-state index contributed by atoms with van der Waals surface area (Å²) in [6.07, 6.45) is 1.54. The molecule has 1 aliphatic heterocycles. The van der Waals surface area contributed by atoms with Crippen molar-refractivity contribution in [3.8, 4) is 0 Å². The lowest BCUT2D eigenvalue weighted by Crippen LogP contribution is -2.25. The normalized spacial score (nSPS) is 18.9. The second kappa shape index (κ2) is 4.87. The van der Waals surface area contributed by atoms with Crippen LogP contribution in [0.15, 0.2) is 0 Å². The predicted octanol–water partition coefficient (Wildman–Crippen LogP) is 0.929. The van der Waals surface area contributed by atoms with Crippen molar-refractivity contribution in [3.05, 3.63) is 17.2 Å². The Hall–Kier alpha value is -1.36. The Morgan fingerprint density at radius 3 is 3.00 bits per heavy atom. The third-order valence-corrected chi connectivity index (χ3v) is 3.03. The fourth-order valence-corrected chi connectivity index (χ4v) is 2.22. The molecule has 94 valence electrons. The molecule has 5 heteroatoms. The maximum atomic E-state index is 11.9. The van der Waals surface area contributed by atoms with Gasteiger partial charge in [-0.25, -0.2) is 9.78 Å². The van der Waals surface area contributed by atoms with E-state index in [1.165, 1.54) is 0 Å². The molecule has 0 aromatic carbocycles. The number of fused-ring (bicyclic) bond motifs is 1. The van der Waals surface area contributed by atoms with Crippen LogP contribution in [0.4, 0.5) is 0 Å². The minimum atomic E-state index is -0.343. The maximum absolute atomic E-state index is 11.9. The van der Waals surface area contributed by atoms with Crippen LogP contribution in [-0.4, -0.2) is 33.3 Å². The van der Waals surface area contributed by atoms with E-state index in [1.807, 2.05) is 11.5 Å². The van der Waals surface area contributed by atoms with Crippen molar-refractivity contribution in [2.75, 3.05) is 6.61 Å². The van der Waals surface area contributed by atoms with Gasteiger partial charge < -0.3 is 14.4 Å². The predicted molar refractivity (Wildman–Crippen MR) is 61.9 cm³/mol. The van der Waals surface area contributed by atoms with Gasteiger partial charge in [0.15, 0.2) is 5.69 Å². The molecule has 2 rings (SSSR count). The van der Waals surface area contributed by atoms with E-state index in [1.54, 1.807) is 6.92 Å². The quantitative estimate of drug-likeness (QED) is 0.796. The second-order valence-corrected chi connectivity index (χ2v) is 4.20. The highest BCUT2D eigenvalue weighted by atomic mass is 16.5. The first-order chi connectivity index (χ1) is 8.17. The number of carbonyl (C=O) groups excluding carboxylic acids is 1. The van der Waals surface area contributed by atoms with Crippen LogP contribution in [-0.2, 0) is 24.1 Å². The summed E-state index contributed by atoms with van der Waals surface area (Å²) in [5.41, 5.74) is 1.34. The van der Waals surface area contributed by atoms with Gasteiger partial charge in [-0.2, -0.15) is 0 Å². The molecule has 0 saturated heterocycles. The monoisotopic (exact) mass is 238 g/mol. The summed E-state index contributed by atoms with van der Waals surface area (Å²) in [6.45, 7) is 4.76. The summed E-state index contributed by atoms with van der Waals surface area (Å²) in [5, 5.41) is 9.60. The summed E-state index contributed by atoms with van der Waals surface area (Å²) < 4.78 is 6.95. The van der Waals surface area contributed by atoms with Crippen LogP contribution in [0.5, 0.6) is 0 Å². The molecular weight excluding hydrogens is 220 g/mol. The molecule has 1 aromatic heterocycles. The Balaban J connectivity index is 2.39. The fourth-order valence-electron chi connectivity index (χ4n) is 2.22. The third-order valence-electron chi connectivity index (χ3n) is 3.03. The molecule has 0 bridgehead atoms. The highest BCUT2D eigenvalue weighted by Gasteiger charge is 2.27. The van der Waals surface area contributed by atoms with Gasteiger partial charge in [-0.15, -0.1) is 0 Å². The zero-order chi connectivity index (χ0) is 12.4. The Labute approximate surface area is 100 Å². The lowest BCUT2D eigenvalue weighted by molar-refractivity contribution is 0.0506. The molecule has 0 spiro atoms. The summed E-state index contributed by atoms with van der Waals surface area (Å²) in [6, 6.07) is 0. The fraction of sp³-hybridized carbons (Fsp3) is 0.667. The maximum Gasteiger partial charge on any atom is 0.356 e. The first-order valence-electron chi connectivity index (χ1n) is 6.10. The molecule has 2 heterocycles. The van der Waals surface area contributed by atoms with Crippen LogP contribution >= 0.6 is 0 Å². The van der Waals surface area contributed by atoms with Crippen LogP contribution in [0.3, 0.4) is 0 Å². The van der Waals surface area contributed by atoms with Crippen LogP contribution in [0.2, 0.25) is 0 Å². The minimum absolute atomic E-state index is 0.306. The molecule has 1 N–H and O–H groups in total. The summed E-state index contributed by atoms with van der Waals surface area (Å²) in [4.78, 5) is 16.3. The molecule has 1 atom stereocenters. The largest absolute Gasteiger partial charge is 0.461 e. The van der Waals surface area contributed by atoms with Crippen LogP contribution in [0.25, 0.3) is 0 Å². The molecule has 0 radical (unpaired) electrons. The lowest BCUT2D eigenvalue weighted by Gasteiger charge is -2.20. The van der Waals surface area contributed by atoms with Gasteiger partial charge >= 0.3 is 5.97 Å². The molecule has 0 fully saturated rings. The van der Waals surface area contributed by atoms with E-state index in [-0.39, 0.29) is 12.1 Å². The smallest absolute Gasteiger partial charge is 0.356 e. The van der Waals surface area contributed by atoms with Gasteiger partial charge in [0.1, 0.15) is 5.82 Å². The van der Waals surface area contributed by atoms with Gasteiger partial charge in [0.25, 0.3) is 0 Å². The Kier molecular flexibility index (Phi) is 3.47. The Bertz CT molecular complexity index is 426. The van der Waals surface area contributed by atoms with E-state index < -0.39 is 0 Å². The van der Waals surface area contributed by atoms with Gasteiger partial charge in [-0.1, -0.05) is 6.92 Å². The van der Waals surface area contributed by atoms with E-state index in [9.17, 15) is 9.90 Å². The number of nitrogens with zero attached hydrogens (tertiary/aromatic N) is 2. The molecule has 17 heavy (non-hydrogen) atoms. The number of imidazole rings is 1. The van der Waals surface area contributed by atoms with Crippen molar-refractivity contribution in [2.24, 2.45) is 0 Å². The highest BCUT2D eigenvalue weighted by Crippen LogP contribution is 2.21. The number of aliphatic hydroxyl groups excluding tert-OH is 1.